The van der Waals surface area contributed by atoms with Crippen LogP contribution in [-0.4, -0.2) is 35.2 Å². The summed E-state index contributed by atoms with van der Waals surface area (Å²) in [6.45, 7) is 0.233. The summed E-state index contributed by atoms with van der Waals surface area (Å²) in [5.74, 6) is -0.899. The lowest BCUT2D eigenvalue weighted by Crippen LogP contribution is -2.33. The molecule has 120 valence electrons. The summed E-state index contributed by atoms with van der Waals surface area (Å²) in [4.78, 5) is 33.4. The van der Waals surface area contributed by atoms with Crippen molar-refractivity contribution in [2.45, 2.75) is 12.5 Å². The minimum absolute atomic E-state index is 0.184. The Morgan fingerprint density at radius 1 is 1.43 bits per heavy atom. The number of hydrogen-bond donors (Lipinski definition) is 2. The number of thiophene rings is 1. The third-order valence-electron chi connectivity index (χ3n) is 3.02. The number of carbonyl (C=O) groups excluding carboxylic acids is 2. The van der Waals surface area contributed by atoms with Gasteiger partial charge in [-0.1, -0.05) is 5.16 Å². The van der Waals surface area contributed by atoms with Crippen LogP contribution in [0.4, 0.5) is 0 Å². The summed E-state index contributed by atoms with van der Waals surface area (Å²) in [7, 11) is 0. The van der Waals surface area contributed by atoms with Gasteiger partial charge in [-0.3, -0.25) is 9.59 Å². The van der Waals surface area contributed by atoms with Crippen LogP contribution < -0.4 is 11.1 Å². The summed E-state index contributed by atoms with van der Waals surface area (Å²) in [5, 5.41) is 10.8. The molecule has 1 atom stereocenters. The standard InChI is InChI=1S/C13H11BrN4O3S2/c14-6-1-10(22-4-6)13-17-9(5-23-13)12(20)16-3-7-2-8(11(15)19)18-21-7/h1,4-5,7H,2-3H2,(H2,15,19)(H,16,20)/t7-/m1/s1. The van der Waals surface area contributed by atoms with Crippen molar-refractivity contribution < 1.29 is 14.4 Å². The number of nitrogens with two attached hydrogens (primary N) is 1. The van der Waals surface area contributed by atoms with Crippen LogP contribution in [0, 0.1) is 0 Å². The molecule has 3 N–H and O–H groups in total. The SMILES string of the molecule is NC(=O)C1=NO[C@@H](CNC(=O)c2csc(-c3cc(Br)cs3)n2)C1. The Hall–Kier alpha value is -1.78. The first-order chi connectivity index (χ1) is 11.0. The normalized spacial score (nSPS) is 16.7. The third kappa shape index (κ3) is 3.77. The molecule has 0 saturated carbocycles. The first-order valence-electron chi connectivity index (χ1n) is 6.53. The maximum absolute atomic E-state index is 12.1. The van der Waals surface area contributed by atoms with E-state index in [4.69, 9.17) is 10.6 Å². The van der Waals surface area contributed by atoms with Gasteiger partial charge < -0.3 is 15.9 Å². The fourth-order valence-corrected chi connectivity index (χ4v) is 4.20. The second-order valence-corrected chi connectivity index (χ2v) is 7.40. The summed E-state index contributed by atoms with van der Waals surface area (Å²) < 4.78 is 0.988. The van der Waals surface area contributed by atoms with Crippen LogP contribution in [0.25, 0.3) is 9.88 Å². The van der Waals surface area contributed by atoms with E-state index in [0.29, 0.717) is 12.1 Å². The number of amides is 2. The number of rotatable bonds is 5. The topological polar surface area (TPSA) is 107 Å². The Labute approximate surface area is 147 Å². The molecule has 23 heavy (non-hydrogen) atoms. The quantitative estimate of drug-likeness (QED) is 0.779. The molecule has 0 saturated heterocycles. The van der Waals surface area contributed by atoms with Crippen LogP contribution in [-0.2, 0) is 9.63 Å². The number of nitrogens with zero attached hydrogens (tertiary/aromatic N) is 2. The molecule has 7 nitrogen and oxygen atoms in total. The second kappa shape index (κ2) is 6.77. The number of hydrogen-bond acceptors (Lipinski definition) is 7. The lowest BCUT2D eigenvalue weighted by Gasteiger charge is -2.08. The summed E-state index contributed by atoms with van der Waals surface area (Å²) in [6, 6.07) is 1.96. The molecule has 2 amide bonds. The van der Waals surface area contributed by atoms with Crippen molar-refractivity contribution in [3.05, 3.63) is 27.0 Å². The van der Waals surface area contributed by atoms with Crippen LogP contribution in [0.1, 0.15) is 16.9 Å². The van der Waals surface area contributed by atoms with Gasteiger partial charge in [-0.25, -0.2) is 4.98 Å². The van der Waals surface area contributed by atoms with Crippen LogP contribution in [0.5, 0.6) is 0 Å². The minimum atomic E-state index is -0.606. The maximum Gasteiger partial charge on any atom is 0.270 e. The van der Waals surface area contributed by atoms with Crippen molar-refractivity contribution in [3.8, 4) is 9.88 Å². The fourth-order valence-electron chi connectivity index (χ4n) is 1.90. The first kappa shape index (κ1) is 16.1. The molecule has 10 heteroatoms. The zero-order valence-corrected chi connectivity index (χ0v) is 14.8. The van der Waals surface area contributed by atoms with E-state index in [-0.39, 0.29) is 24.3 Å². The average Bonchev–Trinajstić information content (AvgIpc) is 3.24. The highest BCUT2D eigenvalue weighted by atomic mass is 79.9. The first-order valence-corrected chi connectivity index (χ1v) is 9.09. The van der Waals surface area contributed by atoms with Gasteiger partial charge in [0.2, 0.25) is 0 Å². The molecular formula is C13H11BrN4O3S2. The van der Waals surface area contributed by atoms with E-state index in [0.717, 1.165) is 14.4 Å². The van der Waals surface area contributed by atoms with E-state index in [1.165, 1.54) is 11.3 Å². The molecule has 0 bridgehead atoms. The van der Waals surface area contributed by atoms with Gasteiger partial charge in [-0.2, -0.15) is 0 Å². The summed E-state index contributed by atoms with van der Waals surface area (Å²) in [5.41, 5.74) is 5.65. The molecule has 3 heterocycles. The molecule has 0 unspecified atom stereocenters. The van der Waals surface area contributed by atoms with E-state index >= 15 is 0 Å². The van der Waals surface area contributed by atoms with Crippen LogP contribution in [0.2, 0.25) is 0 Å². The van der Waals surface area contributed by atoms with Crippen molar-refractivity contribution in [2.75, 3.05) is 6.54 Å². The number of halogens is 1. The van der Waals surface area contributed by atoms with Crippen LogP contribution in [0.3, 0.4) is 0 Å². The maximum atomic E-state index is 12.1. The Kier molecular flexibility index (Phi) is 4.74. The molecule has 2 aromatic heterocycles. The third-order valence-corrected chi connectivity index (χ3v) is 5.73. The average molecular weight is 415 g/mol. The van der Waals surface area contributed by atoms with Gasteiger partial charge in [0, 0.05) is 21.7 Å². The zero-order valence-electron chi connectivity index (χ0n) is 11.6. The smallest absolute Gasteiger partial charge is 0.270 e. The predicted octanol–water partition coefficient (Wildman–Crippen LogP) is 1.99. The van der Waals surface area contributed by atoms with Gasteiger partial charge in [0.15, 0.2) is 6.10 Å². The Morgan fingerprint density at radius 2 is 2.26 bits per heavy atom. The van der Waals surface area contributed by atoms with Crippen molar-refractivity contribution in [3.63, 3.8) is 0 Å². The highest BCUT2D eigenvalue weighted by Gasteiger charge is 2.25. The molecule has 0 fully saturated rings. The molecule has 3 rings (SSSR count). The summed E-state index contributed by atoms with van der Waals surface area (Å²) in [6.07, 6.45) is -0.0889. The van der Waals surface area contributed by atoms with Crippen LogP contribution in [0.15, 0.2) is 26.5 Å². The van der Waals surface area contributed by atoms with Gasteiger partial charge in [0.25, 0.3) is 11.8 Å². The molecule has 0 aromatic carbocycles. The van der Waals surface area contributed by atoms with Crippen molar-refractivity contribution in [1.82, 2.24) is 10.3 Å². The monoisotopic (exact) mass is 414 g/mol. The molecule has 1 aliphatic rings. The molecule has 2 aromatic rings. The number of oxime groups is 1. The largest absolute Gasteiger partial charge is 0.390 e. The molecule has 0 spiro atoms. The lowest BCUT2D eigenvalue weighted by molar-refractivity contribution is -0.112. The van der Waals surface area contributed by atoms with Gasteiger partial charge in [-0.05, 0) is 22.0 Å². The Balaban J connectivity index is 1.55. The molecule has 1 aliphatic heterocycles. The molecule has 0 aliphatic carbocycles. The van der Waals surface area contributed by atoms with E-state index in [1.54, 1.807) is 16.7 Å². The van der Waals surface area contributed by atoms with E-state index in [2.05, 4.69) is 31.4 Å². The van der Waals surface area contributed by atoms with Gasteiger partial charge in [-0.15, -0.1) is 22.7 Å². The van der Waals surface area contributed by atoms with Crippen molar-refractivity contribution >= 4 is 56.1 Å². The van der Waals surface area contributed by atoms with E-state index < -0.39 is 5.91 Å². The predicted molar refractivity (Wildman–Crippen MR) is 91.6 cm³/mol. The van der Waals surface area contributed by atoms with E-state index in [9.17, 15) is 9.59 Å². The number of thiazole rings is 1. The van der Waals surface area contributed by atoms with E-state index in [1.807, 2.05) is 11.4 Å². The number of aromatic nitrogens is 1. The molecule has 0 radical (unpaired) electrons. The minimum Gasteiger partial charge on any atom is -0.390 e. The van der Waals surface area contributed by atoms with Gasteiger partial charge in [0.05, 0.1) is 11.4 Å². The number of primary amides is 1. The number of nitrogens with one attached hydrogen (secondary N) is 1. The van der Waals surface area contributed by atoms with Gasteiger partial charge in [0.1, 0.15) is 16.4 Å². The van der Waals surface area contributed by atoms with Crippen LogP contribution >= 0.6 is 38.6 Å². The molecular weight excluding hydrogens is 404 g/mol. The van der Waals surface area contributed by atoms with Crippen molar-refractivity contribution in [1.29, 1.82) is 0 Å². The van der Waals surface area contributed by atoms with Crippen molar-refractivity contribution in [2.24, 2.45) is 10.9 Å². The Morgan fingerprint density at radius 3 is 2.91 bits per heavy atom. The Bertz CT molecular complexity index is 786. The fraction of sp³-hybridized carbons (Fsp3) is 0.231. The lowest BCUT2D eigenvalue weighted by atomic mass is 10.2. The summed E-state index contributed by atoms with van der Waals surface area (Å²) >= 11 is 6.36. The van der Waals surface area contributed by atoms with Gasteiger partial charge >= 0.3 is 0 Å². The number of carbonyl (C=O) groups is 2. The highest BCUT2D eigenvalue weighted by molar-refractivity contribution is 9.10. The second-order valence-electron chi connectivity index (χ2n) is 4.71. The zero-order chi connectivity index (χ0) is 16.4. The highest BCUT2D eigenvalue weighted by Crippen LogP contribution is 2.31.